The molecule has 3 atom stereocenters. The Morgan fingerprint density at radius 3 is 2.65 bits per heavy atom. The van der Waals surface area contributed by atoms with Crippen LogP contribution in [0.1, 0.15) is 79.9 Å². The lowest BCUT2D eigenvalue weighted by molar-refractivity contribution is -0.130. The molecule has 0 saturated heterocycles. The van der Waals surface area contributed by atoms with Gasteiger partial charge in [-0.1, -0.05) is 13.8 Å². The smallest absolute Gasteiger partial charge is 0.251 e. The number of hydrogen-bond acceptors (Lipinski definition) is 8. The standard InChI is InChI=1S/C30H38N4O6/c1-5-30(6-2)15-25(35)34(28(31)33-30)16-19-11-12-39-23-10-7-18(13-22(19)23)27(36)32-26-21-9-8-20(38-4)14-24(21)40-17-29(26,3)37/h7-10,13-14,19,26,37H,5-6,11-12,15-17H2,1-4H3,(H2,31,33)(H,32,36)/t19-,26?,29?/m0/s1. The fourth-order valence-electron chi connectivity index (χ4n) is 5.81. The number of methoxy groups -OCH3 is 1. The summed E-state index contributed by atoms with van der Waals surface area (Å²) in [6, 6.07) is 9.90. The van der Waals surface area contributed by atoms with Crippen molar-refractivity contribution in [2.75, 3.05) is 26.9 Å². The summed E-state index contributed by atoms with van der Waals surface area (Å²) in [5.74, 6) is 1.65. The Labute approximate surface area is 234 Å². The van der Waals surface area contributed by atoms with Gasteiger partial charge in [0.05, 0.1) is 31.7 Å². The molecule has 2 amide bonds. The largest absolute Gasteiger partial charge is 0.497 e. The molecule has 0 aliphatic carbocycles. The first-order chi connectivity index (χ1) is 19.1. The zero-order valence-corrected chi connectivity index (χ0v) is 23.5. The van der Waals surface area contributed by atoms with Crippen LogP contribution >= 0.6 is 0 Å². The summed E-state index contributed by atoms with van der Waals surface area (Å²) >= 11 is 0. The van der Waals surface area contributed by atoms with Crippen molar-refractivity contribution in [3.05, 3.63) is 53.1 Å². The Morgan fingerprint density at radius 1 is 1.18 bits per heavy atom. The highest BCUT2D eigenvalue weighted by atomic mass is 16.5. The van der Waals surface area contributed by atoms with Crippen LogP contribution in [0.2, 0.25) is 0 Å². The van der Waals surface area contributed by atoms with Crippen molar-refractivity contribution in [3.8, 4) is 17.2 Å². The highest BCUT2D eigenvalue weighted by Gasteiger charge is 2.42. The molecule has 10 heteroatoms. The summed E-state index contributed by atoms with van der Waals surface area (Å²) in [5.41, 5.74) is 6.48. The number of hydrogen-bond donors (Lipinski definition) is 3. The van der Waals surface area contributed by atoms with E-state index in [-0.39, 0.29) is 30.3 Å². The molecule has 10 nitrogen and oxygen atoms in total. The van der Waals surface area contributed by atoms with Crippen molar-refractivity contribution in [1.82, 2.24) is 10.2 Å². The number of guanidine groups is 1. The quantitative estimate of drug-likeness (QED) is 0.481. The van der Waals surface area contributed by atoms with Crippen LogP contribution in [-0.4, -0.2) is 65.8 Å². The predicted octanol–water partition coefficient (Wildman–Crippen LogP) is 3.28. The van der Waals surface area contributed by atoms with E-state index in [2.05, 4.69) is 5.32 Å². The minimum Gasteiger partial charge on any atom is -0.497 e. The lowest BCUT2D eigenvalue weighted by atomic mass is 9.86. The highest BCUT2D eigenvalue weighted by Crippen LogP contribution is 2.41. The van der Waals surface area contributed by atoms with Gasteiger partial charge in [-0.2, -0.15) is 0 Å². The number of nitrogens with zero attached hydrogens (tertiary/aromatic N) is 2. The van der Waals surface area contributed by atoms with Crippen molar-refractivity contribution in [2.24, 2.45) is 10.7 Å². The summed E-state index contributed by atoms with van der Waals surface area (Å²) in [6.45, 7) is 6.57. The molecule has 0 bridgehead atoms. The molecule has 2 unspecified atom stereocenters. The Kier molecular flexibility index (Phi) is 7.39. The summed E-state index contributed by atoms with van der Waals surface area (Å²) in [5, 5.41) is 14.1. The molecule has 0 radical (unpaired) electrons. The fourth-order valence-corrected chi connectivity index (χ4v) is 5.81. The summed E-state index contributed by atoms with van der Waals surface area (Å²) in [6.07, 6.45) is 2.50. The monoisotopic (exact) mass is 550 g/mol. The molecule has 4 N–H and O–H groups in total. The second-order valence-electron chi connectivity index (χ2n) is 11.1. The fraction of sp³-hybridized carbons (Fsp3) is 0.500. The number of amides is 2. The molecule has 3 aliphatic heterocycles. The van der Waals surface area contributed by atoms with Gasteiger partial charge in [0.1, 0.15) is 29.5 Å². The molecular weight excluding hydrogens is 512 g/mol. The maximum absolute atomic E-state index is 13.5. The third-order valence-electron chi connectivity index (χ3n) is 8.51. The molecule has 0 aromatic heterocycles. The Balaban J connectivity index is 1.39. The highest BCUT2D eigenvalue weighted by molar-refractivity contribution is 5.99. The van der Waals surface area contributed by atoms with Crippen LogP contribution in [0.4, 0.5) is 0 Å². The normalized spacial score (nSPS) is 25.1. The zero-order valence-electron chi connectivity index (χ0n) is 23.5. The second-order valence-corrected chi connectivity index (χ2v) is 11.1. The van der Waals surface area contributed by atoms with E-state index < -0.39 is 17.2 Å². The number of ether oxygens (including phenoxy) is 3. The maximum Gasteiger partial charge on any atom is 0.251 e. The van der Waals surface area contributed by atoms with Gasteiger partial charge >= 0.3 is 0 Å². The first-order valence-electron chi connectivity index (χ1n) is 13.9. The SMILES string of the molecule is CCC1(CC)CC(=O)N(C[C@@H]2CCOc3ccc(C(=O)NC4c5ccc(OC)cc5OCC4(C)O)cc32)C(N)=N1. The lowest BCUT2D eigenvalue weighted by Gasteiger charge is -2.39. The first kappa shape index (κ1) is 27.8. The summed E-state index contributed by atoms with van der Waals surface area (Å²) in [4.78, 5) is 33.0. The minimum absolute atomic E-state index is 0.0163. The lowest BCUT2D eigenvalue weighted by Crippen LogP contribution is -2.52. The van der Waals surface area contributed by atoms with Gasteiger partial charge in [0.15, 0.2) is 5.96 Å². The van der Waals surface area contributed by atoms with Crippen LogP contribution in [0.5, 0.6) is 17.2 Å². The van der Waals surface area contributed by atoms with Gasteiger partial charge < -0.3 is 30.4 Å². The average molecular weight is 551 g/mol. The topological polar surface area (TPSA) is 136 Å². The van der Waals surface area contributed by atoms with Crippen LogP contribution in [0.25, 0.3) is 0 Å². The Bertz CT molecular complexity index is 1340. The van der Waals surface area contributed by atoms with E-state index in [0.717, 1.165) is 18.4 Å². The average Bonchev–Trinajstić information content (AvgIpc) is 2.95. The number of nitrogens with one attached hydrogen (secondary N) is 1. The van der Waals surface area contributed by atoms with Gasteiger partial charge in [-0.3, -0.25) is 14.5 Å². The molecule has 3 heterocycles. The summed E-state index contributed by atoms with van der Waals surface area (Å²) < 4.78 is 16.9. The van der Waals surface area contributed by atoms with E-state index >= 15 is 0 Å². The van der Waals surface area contributed by atoms with Gasteiger partial charge in [0, 0.05) is 29.7 Å². The van der Waals surface area contributed by atoms with Gasteiger partial charge in [-0.25, -0.2) is 4.99 Å². The Hall–Kier alpha value is -3.79. The van der Waals surface area contributed by atoms with Gasteiger partial charge in [0.25, 0.3) is 5.91 Å². The number of carbonyl (C=O) groups is 2. The Morgan fingerprint density at radius 2 is 1.95 bits per heavy atom. The van der Waals surface area contributed by atoms with Crippen LogP contribution in [0.15, 0.2) is 41.4 Å². The molecule has 0 saturated carbocycles. The molecule has 0 spiro atoms. The van der Waals surface area contributed by atoms with Crippen molar-refractivity contribution < 1.29 is 28.9 Å². The van der Waals surface area contributed by atoms with Crippen LogP contribution in [0.3, 0.4) is 0 Å². The van der Waals surface area contributed by atoms with Crippen LogP contribution in [-0.2, 0) is 4.79 Å². The second kappa shape index (κ2) is 10.6. The molecule has 214 valence electrons. The van der Waals surface area contributed by atoms with Gasteiger partial charge in [-0.15, -0.1) is 0 Å². The molecule has 2 aromatic rings. The number of aliphatic hydroxyl groups is 1. The van der Waals surface area contributed by atoms with E-state index in [1.165, 1.54) is 0 Å². The first-order valence-corrected chi connectivity index (χ1v) is 13.9. The van der Waals surface area contributed by atoms with E-state index in [1.807, 2.05) is 19.9 Å². The third-order valence-corrected chi connectivity index (χ3v) is 8.51. The van der Waals surface area contributed by atoms with E-state index in [1.54, 1.807) is 49.3 Å². The van der Waals surface area contributed by atoms with E-state index in [0.29, 0.717) is 54.4 Å². The number of rotatable bonds is 7. The maximum atomic E-state index is 13.5. The van der Waals surface area contributed by atoms with Crippen molar-refractivity contribution in [1.29, 1.82) is 0 Å². The number of aliphatic imine (C=N–C) groups is 1. The number of benzene rings is 2. The molecule has 2 aromatic carbocycles. The third kappa shape index (κ3) is 5.08. The molecule has 40 heavy (non-hydrogen) atoms. The van der Waals surface area contributed by atoms with Crippen molar-refractivity contribution in [3.63, 3.8) is 0 Å². The number of nitrogens with two attached hydrogens (primary N) is 1. The molecular formula is C30H38N4O6. The molecule has 5 rings (SSSR count). The van der Waals surface area contributed by atoms with Crippen molar-refractivity contribution in [2.45, 2.75) is 69.6 Å². The zero-order chi connectivity index (χ0) is 28.7. The van der Waals surface area contributed by atoms with Crippen LogP contribution in [0, 0.1) is 0 Å². The predicted molar refractivity (Wildman–Crippen MR) is 150 cm³/mol. The minimum atomic E-state index is -1.32. The van der Waals surface area contributed by atoms with Gasteiger partial charge in [-0.05, 0) is 62.1 Å². The molecule has 0 fully saturated rings. The van der Waals surface area contributed by atoms with Crippen LogP contribution < -0.4 is 25.3 Å². The van der Waals surface area contributed by atoms with E-state index in [9.17, 15) is 14.7 Å². The number of fused-ring (bicyclic) bond motifs is 2. The van der Waals surface area contributed by atoms with E-state index in [4.69, 9.17) is 24.9 Å². The molecule has 3 aliphatic rings. The van der Waals surface area contributed by atoms with Crippen molar-refractivity contribution >= 4 is 17.8 Å². The summed E-state index contributed by atoms with van der Waals surface area (Å²) in [7, 11) is 1.57. The number of carbonyl (C=O) groups excluding carboxylic acids is 2. The van der Waals surface area contributed by atoms with Gasteiger partial charge in [0.2, 0.25) is 5.91 Å².